The highest BCUT2D eigenvalue weighted by molar-refractivity contribution is 5.80. The van der Waals surface area contributed by atoms with Crippen molar-refractivity contribution in [2.45, 2.75) is 38.6 Å². The number of nitrogens with one attached hydrogen (secondary N) is 2. The van der Waals surface area contributed by atoms with Gasteiger partial charge in [-0.2, -0.15) is 0 Å². The molecule has 0 heterocycles. The number of hydrogen-bond acceptors (Lipinski definition) is 2. The highest BCUT2D eigenvalue weighted by atomic mass is 16.3. The predicted molar refractivity (Wildman–Crippen MR) is 92.9 cm³/mol. The molecular formula is C19H23N3O. The summed E-state index contributed by atoms with van der Waals surface area (Å²) in [5.41, 5.74) is 3.24. The molecule has 23 heavy (non-hydrogen) atoms. The third-order valence-corrected chi connectivity index (χ3v) is 3.92. The molecule has 0 amide bonds. The van der Waals surface area contributed by atoms with Gasteiger partial charge >= 0.3 is 0 Å². The molecule has 3 N–H and O–H groups in total. The Kier molecular flexibility index (Phi) is 5.27. The summed E-state index contributed by atoms with van der Waals surface area (Å²) in [6.45, 7) is 1.37. The number of hydrogen-bond donors (Lipinski definition) is 3. The van der Waals surface area contributed by atoms with Crippen LogP contribution in [0.4, 0.5) is 0 Å². The number of rotatable bonds is 6. The standard InChI is InChI=1S/C19H23N3O/c23-14-17-9-5-4-8-16(17)13-21-19(22-18-10-11-18)20-12-15-6-2-1-3-7-15/h1-9,18,23H,10-14H2,(H2,20,21,22). The van der Waals surface area contributed by atoms with Crippen molar-refractivity contribution in [3.63, 3.8) is 0 Å². The quantitative estimate of drug-likeness (QED) is 0.568. The molecule has 1 saturated carbocycles. The van der Waals surface area contributed by atoms with Crippen molar-refractivity contribution in [3.8, 4) is 0 Å². The lowest BCUT2D eigenvalue weighted by Gasteiger charge is -2.14. The highest BCUT2D eigenvalue weighted by Crippen LogP contribution is 2.18. The Bertz CT molecular complexity index is 651. The molecule has 2 aromatic rings. The molecular weight excluding hydrogens is 286 g/mol. The third kappa shape index (κ3) is 4.83. The van der Waals surface area contributed by atoms with Gasteiger partial charge in [-0.15, -0.1) is 0 Å². The van der Waals surface area contributed by atoms with Crippen LogP contribution in [0.15, 0.2) is 59.6 Å². The second kappa shape index (κ2) is 7.79. The van der Waals surface area contributed by atoms with Crippen LogP contribution in [-0.2, 0) is 19.7 Å². The molecule has 0 atom stereocenters. The number of aliphatic hydroxyl groups is 1. The maximum atomic E-state index is 9.42. The Morgan fingerprint density at radius 2 is 1.70 bits per heavy atom. The molecule has 0 saturated heterocycles. The maximum absolute atomic E-state index is 9.42. The highest BCUT2D eigenvalue weighted by Gasteiger charge is 2.22. The Morgan fingerprint density at radius 1 is 1.00 bits per heavy atom. The van der Waals surface area contributed by atoms with Gasteiger partial charge in [-0.1, -0.05) is 54.6 Å². The summed E-state index contributed by atoms with van der Waals surface area (Å²) in [6, 6.07) is 18.7. The van der Waals surface area contributed by atoms with Crippen LogP contribution in [0.3, 0.4) is 0 Å². The first-order valence-corrected chi connectivity index (χ1v) is 8.11. The smallest absolute Gasteiger partial charge is 0.192 e. The SMILES string of the molecule is OCc1ccccc1CNC(=NCc1ccccc1)NC1CC1. The van der Waals surface area contributed by atoms with E-state index in [0.29, 0.717) is 19.1 Å². The molecule has 0 radical (unpaired) electrons. The van der Waals surface area contributed by atoms with Crippen molar-refractivity contribution in [3.05, 3.63) is 71.3 Å². The molecule has 0 spiro atoms. The third-order valence-electron chi connectivity index (χ3n) is 3.92. The van der Waals surface area contributed by atoms with Crippen molar-refractivity contribution in [2.24, 2.45) is 4.99 Å². The van der Waals surface area contributed by atoms with Gasteiger partial charge in [0.1, 0.15) is 0 Å². The Balaban J connectivity index is 1.64. The van der Waals surface area contributed by atoms with E-state index in [0.717, 1.165) is 17.1 Å². The van der Waals surface area contributed by atoms with E-state index in [9.17, 15) is 5.11 Å². The van der Waals surface area contributed by atoms with Gasteiger partial charge in [-0.3, -0.25) is 0 Å². The lowest BCUT2D eigenvalue weighted by Crippen LogP contribution is -2.38. The van der Waals surface area contributed by atoms with E-state index >= 15 is 0 Å². The zero-order valence-electron chi connectivity index (χ0n) is 13.2. The van der Waals surface area contributed by atoms with Crippen LogP contribution in [0.25, 0.3) is 0 Å². The molecule has 0 unspecified atom stereocenters. The van der Waals surface area contributed by atoms with Gasteiger partial charge in [0.2, 0.25) is 0 Å². The second-order valence-corrected chi connectivity index (χ2v) is 5.85. The largest absolute Gasteiger partial charge is 0.392 e. The molecule has 1 aliphatic carbocycles. The fourth-order valence-electron chi connectivity index (χ4n) is 2.39. The van der Waals surface area contributed by atoms with Gasteiger partial charge in [0.15, 0.2) is 5.96 Å². The fourth-order valence-corrected chi connectivity index (χ4v) is 2.39. The lowest BCUT2D eigenvalue weighted by molar-refractivity contribution is 0.280. The van der Waals surface area contributed by atoms with Crippen LogP contribution in [0.2, 0.25) is 0 Å². The summed E-state index contributed by atoms with van der Waals surface area (Å²) in [5.74, 6) is 0.837. The molecule has 1 aliphatic rings. The number of guanidine groups is 1. The van der Waals surface area contributed by atoms with Crippen molar-refractivity contribution >= 4 is 5.96 Å². The molecule has 0 aliphatic heterocycles. The fraction of sp³-hybridized carbons (Fsp3) is 0.316. The average Bonchev–Trinajstić information content (AvgIpc) is 3.42. The van der Waals surface area contributed by atoms with Crippen LogP contribution < -0.4 is 10.6 Å². The summed E-state index contributed by atoms with van der Waals surface area (Å²) in [6.07, 6.45) is 2.42. The minimum Gasteiger partial charge on any atom is -0.392 e. The normalized spacial score (nSPS) is 14.6. The summed E-state index contributed by atoms with van der Waals surface area (Å²) in [4.78, 5) is 4.68. The maximum Gasteiger partial charge on any atom is 0.192 e. The Hall–Kier alpha value is -2.33. The Morgan fingerprint density at radius 3 is 2.39 bits per heavy atom. The van der Waals surface area contributed by atoms with E-state index < -0.39 is 0 Å². The van der Waals surface area contributed by atoms with Crippen LogP contribution in [0, 0.1) is 0 Å². The number of aliphatic imine (C=N–C) groups is 1. The monoisotopic (exact) mass is 309 g/mol. The molecule has 0 bridgehead atoms. The molecule has 2 aromatic carbocycles. The van der Waals surface area contributed by atoms with Crippen LogP contribution in [0.1, 0.15) is 29.5 Å². The topological polar surface area (TPSA) is 56.6 Å². The number of benzene rings is 2. The van der Waals surface area contributed by atoms with Crippen molar-refractivity contribution in [1.29, 1.82) is 0 Å². The van der Waals surface area contributed by atoms with Crippen molar-refractivity contribution in [1.82, 2.24) is 10.6 Å². The summed E-state index contributed by atoms with van der Waals surface area (Å²) in [5, 5.41) is 16.2. The molecule has 120 valence electrons. The van der Waals surface area contributed by atoms with E-state index in [1.807, 2.05) is 42.5 Å². The van der Waals surface area contributed by atoms with Gasteiger partial charge in [-0.05, 0) is 29.5 Å². The summed E-state index contributed by atoms with van der Waals surface area (Å²) < 4.78 is 0. The predicted octanol–water partition coefficient (Wildman–Crippen LogP) is 2.58. The van der Waals surface area contributed by atoms with Gasteiger partial charge < -0.3 is 15.7 Å². The first kappa shape index (κ1) is 15.6. The number of nitrogens with zero attached hydrogens (tertiary/aromatic N) is 1. The minimum absolute atomic E-state index is 0.0599. The average molecular weight is 309 g/mol. The van der Waals surface area contributed by atoms with E-state index in [4.69, 9.17) is 0 Å². The molecule has 1 fully saturated rings. The van der Waals surface area contributed by atoms with E-state index in [1.165, 1.54) is 18.4 Å². The first-order valence-electron chi connectivity index (χ1n) is 8.11. The van der Waals surface area contributed by atoms with Crippen molar-refractivity contribution < 1.29 is 5.11 Å². The van der Waals surface area contributed by atoms with Gasteiger partial charge in [0.25, 0.3) is 0 Å². The van der Waals surface area contributed by atoms with Crippen LogP contribution >= 0.6 is 0 Å². The summed E-state index contributed by atoms with van der Waals surface area (Å²) in [7, 11) is 0. The zero-order chi connectivity index (χ0) is 15.9. The second-order valence-electron chi connectivity index (χ2n) is 5.85. The minimum atomic E-state index is 0.0599. The molecule has 0 aromatic heterocycles. The van der Waals surface area contributed by atoms with Crippen LogP contribution in [0.5, 0.6) is 0 Å². The zero-order valence-corrected chi connectivity index (χ0v) is 13.2. The van der Waals surface area contributed by atoms with E-state index in [2.05, 4.69) is 27.8 Å². The number of aliphatic hydroxyl groups excluding tert-OH is 1. The van der Waals surface area contributed by atoms with Crippen molar-refractivity contribution in [2.75, 3.05) is 0 Å². The first-order chi connectivity index (χ1) is 11.3. The van der Waals surface area contributed by atoms with Gasteiger partial charge in [0, 0.05) is 12.6 Å². The molecule has 4 nitrogen and oxygen atoms in total. The van der Waals surface area contributed by atoms with Gasteiger partial charge in [-0.25, -0.2) is 4.99 Å². The van der Waals surface area contributed by atoms with Crippen LogP contribution in [-0.4, -0.2) is 17.1 Å². The van der Waals surface area contributed by atoms with E-state index in [1.54, 1.807) is 0 Å². The molecule has 3 rings (SSSR count). The summed E-state index contributed by atoms with van der Waals surface area (Å²) >= 11 is 0. The molecule has 4 heteroatoms. The van der Waals surface area contributed by atoms with E-state index in [-0.39, 0.29) is 6.61 Å². The lowest BCUT2D eigenvalue weighted by atomic mass is 10.1. The Labute approximate surface area is 137 Å². The van der Waals surface area contributed by atoms with Gasteiger partial charge in [0.05, 0.1) is 13.2 Å².